The van der Waals surface area contributed by atoms with E-state index in [1.807, 2.05) is 4.90 Å². The Balaban J connectivity index is 1.44. The first-order valence-corrected chi connectivity index (χ1v) is 11.1. The predicted molar refractivity (Wildman–Crippen MR) is 129 cm³/mol. The van der Waals surface area contributed by atoms with Crippen molar-refractivity contribution in [1.82, 2.24) is 10.3 Å². The second-order valence-corrected chi connectivity index (χ2v) is 7.98. The fraction of sp³-hybridized carbons (Fsp3) is 0.192. The van der Waals surface area contributed by atoms with Crippen LogP contribution in [0.2, 0.25) is 0 Å². The van der Waals surface area contributed by atoms with Gasteiger partial charge in [-0.3, -0.25) is 9.59 Å². The Labute approximate surface area is 202 Å². The summed E-state index contributed by atoms with van der Waals surface area (Å²) in [4.78, 5) is 30.3. The minimum Gasteiger partial charge on any atom is -0.457 e. The Morgan fingerprint density at radius 3 is 2.54 bits per heavy atom. The van der Waals surface area contributed by atoms with Gasteiger partial charge in [0.05, 0.1) is 11.9 Å². The molecule has 2 aromatic carbocycles. The first-order chi connectivity index (χ1) is 16.9. The molecule has 1 saturated heterocycles. The summed E-state index contributed by atoms with van der Waals surface area (Å²) in [6.07, 6.45) is 5.56. The number of allylic oxidation sites excluding steroid dienone is 1. The normalized spacial score (nSPS) is 15.3. The lowest BCUT2D eigenvalue weighted by atomic mass is 10.2. The number of aromatic nitrogens is 1. The van der Waals surface area contributed by atoms with Gasteiger partial charge in [0.2, 0.25) is 11.8 Å². The van der Waals surface area contributed by atoms with Crippen molar-refractivity contribution in [2.75, 3.05) is 18.0 Å². The summed E-state index contributed by atoms with van der Waals surface area (Å²) in [5.74, 6) is 0.177. The van der Waals surface area contributed by atoms with Crippen LogP contribution in [-0.4, -0.2) is 35.9 Å². The van der Waals surface area contributed by atoms with Crippen LogP contribution >= 0.6 is 0 Å². The molecule has 3 N–H and O–H groups in total. The smallest absolute Gasteiger partial charge is 0.254 e. The first-order valence-electron chi connectivity index (χ1n) is 11.1. The monoisotopic (exact) mass is 476 g/mol. The third-order valence-corrected chi connectivity index (χ3v) is 5.39. The summed E-state index contributed by atoms with van der Waals surface area (Å²) in [6, 6.07) is 14.1. The average molecular weight is 477 g/mol. The number of carbonyl (C=O) groups excluding carboxylic acids is 2. The summed E-state index contributed by atoms with van der Waals surface area (Å²) < 4.78 is 24.8. The van der Waals surface area contributed by atoms with Crippen molar-refractivity contribution in [2.24, 2.45) is 5.73 Å². The number of pyridine rings is 1. The van der Waals surface area contributed by atoms with E-state index in [2.05, 4.69) is 10.3 Å². The quantitative estimate of drug-likeness (QED) is 0.473. The van der Waals surface area contributed by atoms with Crippen LogP contribution in [0.1, 0.15) is 23.7 Å². The molecular formula is C26H25FN4O4. The van der Waals surface area contributed by atoms with Crippen LogP contribution in [0, 0.1) is 5.82 Å². The Kier molecular flexibility index (Phi) is 7.25. The number of amides is 2. The molecule has 3 aromatic rings. The molecular weight excluding hydrogens is 451 g/mol. The number of benzene rings is 2. The van der Waals surface area contributed by atoms with Gasteiger partial charge in [0, 0.05) is 25.2 Å². The van der Waals surface area contributed by atoms with Crippen LogP contribution in [-0.2, 0) is 4.79 Å². The number of nitrogens with zero attached hydrogens (tertiary/aromatic N) is 2. The molecule has 0 saturated carbocycles. The van der Waals surface area contributed by atoms with E-state index in [0.717, 1.165) is 6.42 Å². The number of rotatable bonds is 8. The number of primary amides is 1. The van der Waals surface area contributed by atoms with Crippen LogP contribution in [0.5, 0.6) is 23.1 Å². The van der Waals surface area contributed by atoms with Crippen molar-refractivity contribution in [3.8, 4) is 23.1 Å². The Hall–Kier alpha value is -4.40. The van der Waals surface area contributed by atoms with Crippen molar-refractivity contribution in [3.05, 3.63) is 84.3 Å². The summed E-state index contributed by atoms with van der Waals surface area (Å²) in [7, 11) is 0. The summed E-state index contributed by atoms with van der Waals surface area (Å²) in [5, 5.41) is 2.95. The van der Waals surface area contributed by atoms with E-state index in [1.54, 1.807) is 61.7 Å². The molecule has 0 spiro atoms. The third kappa shape index (κ3) is 6.14. The molecule has 1 aliphatic heterocycles. The molecule has 4 rings (SSSR count). The van der Waals surface area contributed by atoms with Crippen LogP contribution in [0.15, 0.2) is 72.9 Å². The topological polar surface area (TPSA) is 107 Å². The number of nitrogens with two attached hydrogens (primary N) is 1. The lowest BCUT2D eigenvalue weighted by Crippen LogP contribution is -2.36. The lowest BCUT2D eigenvalue weighted by molar-refractivity contribution is -0.117. The number of hydrogen-bond acceptors (Lipinski definition) is 6. The highest BCUT2D eigenvalue weighted by Crippen LogP contribution is 2.30. The molecule has 35 heavy (non-hydrogen) atoms. The maximum atomic E-state index is 13.3. The van der Waals surface area contributed by atoms with E-state index < -0.39 is 5.91 Å². The van der Waals surface area contributed by atoms with E-state index in [1.165, 1.54) is 18.2 Å². The number of ether oxygens (including phenoxy) is 2. The second kappa shape index (κ2) is 10.7. The zero-order valence-electron chi connectivity index (χ0n) is 19.1. The van der Waals surface area contributed by atoms with Gasteiger partial charge in [0.15, 0.2) is 0 Å². The predicted octanol–water partition coefficient (Wildman–Crippen LogP) is 4.18. The molecule has 2 amide bonds. The maximum Gasteiger partial charge on any atom is 0.254 e. The fourth-order valence-electron chi connectivity index (χ4n) is 3.74. The van der Waals surface area contributed by atoms with Crippen molar-refractivity contribution in [2.45, 2.75) is 19.4 Å². The van der Waals surface area contributed by atoms with Crippen LogP contribution in [0.25, 0.3) is 0 Å². The van der Waals surface area contributed by atoms with Crippen molar-refractivity contribution >= 4 is 17.5 Å². The van der Waals surface area contributed by atoms with Gasteiger partial charge < -0.3 is 25.4 Å². The molecule has 1 aliphatic rings. The van der Waals surface area contributed by atoms with Crippen LogP contribution in [0.3, 0.4) is 0 Å². The minimum atomic E-state index is -0.669. The summed E-state index contributed by atoms with van der Waals surface area (Å²) in [5.41, 5.74) is 6.45. The zero-order valence-corrected chi connectivity index (χ0v) is 19.1. The summed E-state index contributed by atoms with van der Waals surface area (Å²) in [6.45, 7) is 3.08. The van der Waals surface area contributed by atoms with Crippen molar-refractivity contribution < 1.29 is 23.5 Å². The Bertz CT molecular complexity index is 1250. The molecule has 1 unspecified atom stereocenters. The number of hydrogen-bond donors (Lipinski definition) is 2. The molecule has 8 nitrogen and oxygen atoms in total. The van der Waals surface area contributed by atoms with Gasteiger partial charge in [-0.1, -0.05) is 12.1 Å². The van der Waals surface area contributed by atoms with E-state index >= 15 is 0 Å². The summed E-state index contributed by atoms with van der Waals surface area (Å²) >= 11 is 0. The van der Waals surface area contributed by atoms with E-state index in [4.69, 9.17) is 15.2 Å². The standard InChI is InChI=1S/C26H25FN4O4/c1-2-4-24(32)30-18-11-12-31(16-18)19-14-23(25(28)33)26(29-15-19)35-21-9-7-20(8-10-21)34-22-6-3-5-17(27)13-22/h2-10,13-15,18H,11-12,16H2,1H3,(H2,28,33)(H,30,32)/b4-2+. The van der Waals surface area contributed by atoms with Gasteiger partial charge in [-0.05, 0) is 61.9 Å². The molecule has 0 aliphatic carbocycles. The van der Waals surface area contributed by atoms with E-state index in [-0.39, 0.29) is 29.2 Å². The Morgan fingerprint density at radius 2 is 1.86 bits per heavy atom. The maximum absolute atomic E-state index is 13.3. The van der Waals surface area contributed by atoms with Gasteiger partial charge in [0.25, 0.3) is 5.91 Å². The van der Waals surface area contributed by atoms with E-state index in [0.29, 0.717) is 36.0 Å². The van der Waals surface area contributed by atoms with Crippen LogP contribution < -0.4 is 25.4 Å². The van der Waals surface area contributed by atoms with Gasteiger partial charge in [0.1, 0.15) is 28.6 Å². The van der Waals surface area contributed by atoms with Crippen LogP contribution in [0.4, 0.5) is 10.1 Å². The second-order valence-electron chi connectivity index (χ2n) is 7.98. The number of nitrogens with one attached hydrogen (secondary N) is 1. The molecule has 0 radical (unpaired) electrons. The first kappa shape index (κ1) is 23.7. The molecule has 9 heteroatoms. The van der Waals surface area contributed by atoms with Gasteiger partial charge in [-0.25, -0.2) is 9.37 Å². The molecule has 180 valence electrons. The highest BCUT2D eigenvalue weighted by molar-refractivity contribution is 5.96. The minimum absolute atomic E-state index is 0.000216. The van der Waals surface area contributed by atoms with E-state index in [9.17, 15) is 14.0 Å². The number of anilines is 1. The molecule has 1 atom stereocenters. The fourth-order valence-corrected chi connectivity index (χ4v) is 3.74. The average Bonchev–Trinajstić information content (AvgIpc) is 3.29. The number of halogens is 1. The highest BCUT2D eigenvalue weighted by atomic mass is 19.1. The largest absolute Gasteiger partial charge is 0.457 e. The Morgan fingerprint density at radius 1 is 1.11 bits per heavy atom. The van der Waals surface area contributed by atoms with Gasteiger partial charge in [-0.2, -0.15) is 0 Å². The van der Waals surface area contributed by atoms with Crippen molar-refractivity contribution in [1.29, 1.82) is 0 Å². The van der Waals surface area contributed by atoms with Gasteiger partial charge >= 0.3 is 0 Å². The zero-order chi connectivity index (χ0) is 24.8. The molecule has 1 fully saturated rings. The molecule has 1 aromatic heterocycles. The lowest BCUT2D eigenvalue weighted by Gasteiger charge is -2.20. The third-order valence-electron chi connectivity index (χ3n) is 5.39. The molecule has 0 bridgehead atoms. The van der Waals surface area contributed by atoms with Crippen molar-refractivity contribution in [3.63, 3.8) is 0 Å². The number of carbonyl (C=O) groups is 2. The highest BCUT2D eigenvalue weighted by Gasteiger charge is 2.25. The molecule has 2 heterocycles. The van der Waals surface area contributed by atoms with Gasteiger partial charge in [-0.15, -0.1) is 0 Å². The SMILES string of the molecule is C/C=C/C(=O)NC1CCN(c2cnc(Oc3ccc(Oc4cccc(F)c4)cc3)c(C(N)=O)c2)C1.